The van der Waals surface area contributed by atoms with Crippen LogP contribution in [0, 0.1) is 12.8 Å². The van der Waals surface area contributed by atoms with Gasteiger partial charge in [0.1, 0.15) is 5.75 Å². The van der Waals surface area contributed by atoms with E-state index in [1.807, 2.05) is 0 Å². The number of aryl methyl sites for hydroxylation is 1. The predicted octanol–water partition coefficient (Wildman–Crippen LogP) is -2.23. The van der Waals surface area contributed by atoms with E-state index in [4.69, 9.17) is 0 Å². The number of phosphoric acid groups is 1. The van der Waals surface area contributed by atoms with E-state index in [0.717, 1.165) is 0 Å². The Kier molecular flexibility index (Phi) is 6.42. The van der Waals surface area contributed by atoms with Gasteiger partial charge in [0.25, 0.3) is 6.08 Å². The number of nitrogens with zero attached hydrogens (tertiary/aromatic N) is 1. The molecular formula is C15H15F2N2O7P-2. The molecule has 1 aliphatic rings. The van der Waals surface area contributed by atoms with Gasteiger partial charge in [0, 0.05) is 30.1 Å². The number of nitrogens with one attached hydrogen (secondary N) is 1. The minimum Gasteiger partial charge on any atom is -0.790 e. The van der Waals surface area contributed by atoms with Crippen molar-refractivity contribution in [3.63, 3.8) is 0 Å². The van der Waals surface area contributed by atoms with Gasteiger partial charge in [0.05, 0.1) is 31.3 Å². The average Bonchev–Trinajstić information content (AvgIpc) is 2.99. The molecule has 1 heterocycles. The maximum absolute atomic E-state index is 13.1. The number of pyridine rings is 1. The van der Waals surface area contributed by atoms with Crippen molar-refractivity contribution in [2.75, 3.05) is 0 Å². The number of carbonyl (C=O) groups is 1. The summed E-state index contributed by atoms with van der Waals surface area (Å²) in [4.78, 5) is 38.7. The highest BCUT2D eigenvalue weighted by Gasteiger charge is 2.34. The summed E-state index contributed by atoms with van der Waals surface area (Å²) < 4.78 is 40.9. The number of hydrogen-bond donors (Lipinski definition) is 2. The molecule has 0 amide bonds. The SMILES string of the molecule is Cc1ncc(COP(=O)([O-])[O-])c(C[NH+]=C2C[C@H](C(=O)[O-])CC2=C(F)F)c1O. The topological polar surface area (TPSA) is 160 Å². The number of aromatic nitrogens is 1. The maximum atomic E-state index is 13.1. The molecule has 2 N–H and O–H groups in total. The minimum absolute atomic E-state index is 0.0248. The molecule has 9 nitrogen and oxygen atoms in total. The molecule has 0 aromatic carbocycles. The van der Waals surface area contributed by atoms with E-state index in [0.29, 0.717) is 0 Å². The fourth-order valence-corrected chi connectivity index (χ4v) is 2.99. The first-order valence-corrected chi connectivity index (χ1v) is 9.13. The van der Waals surface area contributed by atoms with Gasteiger partial charge in [-0.1, -0.05) is 0 Å². The number of carboxylic acid groups (broad SMARTS) is 1. The fourth-order valence-electron chi connectivity index (χ4n) is 2.70. The Bertz CT molecular complexity index is 862. The standard InChI is InChI=1S/C15H17F2N2O7P/c1-7-13(20)11(9(4-18-7)6-26-27(23,24)25)5-19-12-3-8(15(21)22)2-10(12)14(16)17/h4,8,20H,2-3,5-6H2,1H3,(H,21,22)(H2,23,24,25)/p-2/t8-/m1/s1. The van der Waals surface area contributed by atoms with Gasteiger partial charge in [-0.2, -0.15) is 8.78 Å². The number of hydrogen-bond acceptors (Lipinski definition) is 8. The Morgan fingerprint density at radius 3 is 2.67 bits per heavy atom. The third-order valence-corrected chi connectivity index (χ3v) is 4.56. The fraction of sp³-hybridized carbons (Fsp3) is 0.400. The first-order valence-electron chi connectivity index (χ1n) is 7.67. The van der Waals surface area contributed by atoms with Crippen molar-refractivity contribution in [2.24, 2.45) is 5.92 Å². The lowest BCUT2D eigenvalue weighted by Gasteiger charge is -2.28. The highest BCUT2D eigenvalue weighted by atomic mass is 31.2. The lowest BCUT2D eigenvalue weighted by atomic mass is 10.1. The van der Waals surface area contributed by atoms with Crippen LogP contribution < -0.4 is 19.9 Å². The van der Waals surface area contributed by atoms with Gasteiger partial charge in [0.2, 0.25) is 0 Å². The highest BCUT2D eigenvalue weighted by molar-refractivity contribution is 7.43. The van der Waals surface area contributed by atoms with Crippen LogP contribution >= 0.6 is 7.82 Å². The lowest BCUT2D eigenvalue weighted by Crippen LogP contribution is -2.71. The van der Waals surface area contributed by atoms with Gasteiger partial charge < -0.3 is 33.9 Å². The Balaban J connectivity index is 2.34. The molecule has 27 heavy (non-hydrogen) atoms. The van der Waals surface area contributed by atoms with Crippen molar-refractivity contribution in [1.82, 2.24) is 4.98 Å². The largest absolute Gasteiger partial charge is 0.790 e. The highest BCUT2D eigenvalue weighted by Crippen LogP contribution is 2.31. The smallest absolute Gasteiger partial charge is 0.279 e. The van der Waals surface area contributed by atoms with Crippen molar-refractivity contribution in [3.8, 4) is 5.75 Å². The third kappa shape index (κ3) is 5.39. The van der Waals surface area contributed by atoms with E-state index >= 15 is 0 Å². The van der Waals surface area contributed by atoms with Crippen LogP contribution in [-0.4, -0.2) is 21.8 Å². The van der Waals surface area contributed by atoms with E-state index in [1.165, 1.54) is 13.1 Å². The normalized spacial score (nSPS) is 18.9. The number of phosphoric ester groups is 1. The summed E-state index contributed by atoms with van der Waals surface area (Å²) in [5.74, 6) is -2.90. The van der Waals surface area contributed by atoms with Crippen LogP contribution in [0.4, 0.5) is 8.78 Å². The van der Waals surface area contributed by atoms with Crippen LogP contribution in [0.25, 0.3) is 0 Å². The molecule has 0 aliphatic heterocycles. The number of aliphatic carboxylic acids is 1. The van der Waals surface area contributed by atoms with E-state index in [-0.39, 0.29) is 47.7 Å². The summed E-state index contributed by atoms with van der Waals surface area (Å²) in [5, 5.41) is 21.1. The number of carbonyl (C=O) groups excluding carboxylic acids is 1. The van der Waals surface area contributed by atoms with Crippen LogP contribution in [-0.2, 0) is 27.0 Å². The van der Waals surface area contributed by atoms with Gasteiger partial charge in [-0.05, 0) is 13.3 Å². The number of halogens is 2. The number of carboxylic acids is 1. The summed E-state index contributed by atoms with van der Waals surface area (Å²) in [5.41, 5.74) is -0.156. The molecule has 148 valence electrons. The molecule has 0 bridgehead atoms. The van der Waals surface area contributed by atoms with Crippen molar-refractivity contribution in [1.29, 1.82) is 0 Å². The molecule has 1 atom stereocenters. The zero-order chi connectivity index (χ0) is 20.4. The van der Waals surface area contributed by atoms with Crippen molar-refractivity contribution in [3.05, 3.63) is 34.7 Å². The van der Waals surface area contributed by atoms with Crippen molar-refractivity contribution >= 4 is 19.5 Å². The zero-order valence-corrected chi connectivity index (χ0v) is 14.9. The molecule has 1 fully saturated rings. The predicted molar refractivity (Wildman–Crippen MR) is 79.7 cm³/mol. The van der Waals surface area contributed by atoms with Crippen LogP contribution in [0.1, 0.15) is 29.7 Å². The molecule has 0 unspecified atom stereocenters. The molecule has 1 aliphatic carbocycles. The second kappa shape index (κ2) is 8.22. The molecule has 0 radical (unpaired) electrons. The quantitative estimate of drug-likeness (QED) is 0.504. The van der Waals surface area contributed by atoms with Gasteiger partial charge in [-0.3, -0.25) is 4.98 Å². The first-order chi connectivity index (χ1) is 12.5. The van der Waals surface area contributed by atoms with Gasteiger partial charge in [0.15, 0.2) is 12.3 Å². The second-order valence-corrected chi connectivity index (χ2v) is 7.06. The minimum atomic E-state index is -5.27. The summed E-state index contributed by atoms with van der Waals surface area (Å²) in [6.07, 6.45) is -1.45. The molecule has 1 aromatic rings. The monoisotopic (exact) mass is 404 g/mol. The average molecular weight is 404 g/mol. The summed E-state index contributed by atoms with van der Waals surface area (Å²) in [6.45, 7) is 0.512. The van der Waals surface area contributed by atoms with E-state index in [9.17, 15) is 38.1 Å². The van der Waals surface area contributed by atoms with Crippen molar-refractivity contribution < 1.29 is 47.7 Å². The van der Waals surface area contributed by atoms with Crippen molar-refractivity contribution in [2.45, 2.75) is 32.9 Å². The molecule has 1 saturated carbocycles. The maximum Gasteiger partial charge on any atom is 0.279 e. The van der Waals surface area contributed by atoms with Gasteiger partial charge in [-0.25, -0.2) is 4.99 Å². The Labute approximate surface area is 152 Å². The van der Waals surface area contributed by atoms with E-state index in [1.54, 1.807) is 0 Å². The number of allylic oxidation sites excluding steroid dienone is 1. The Morgan fingerprint density at radius 2 is 2.11 bits per heavy atom. The first kappa shape index (κ1) is 21.1. The molecule has 12 heteroatoms. The van der Waals surface area contributed by atoms with Crippen LogP contribution in [0.15, 0.2) is 17.9 Å². The molecule has 1 aromatic heterocycles. The Morgan fingerprint density at radius 1 is 1.44 bits per heavy atom. The van der Waals surface area contributed by atoms with Crippen LogP contribution in [0.3, 0.4) is 0 Å². The Hall–Kier alpha value is -2.20. The van der Waals surface area contributed by atoms with Crippen LogP contribution in [0.5, 0.6) is 5.75 Å². The molecule has 2 rings (SSSR count). The molecule has 0 spiro atoms. The summed E-state index contributed by atoms with van der Waals surface area (Å²) in [6, 6.07) is 0. The molecule has 0 saturated heterocycles. The van der Waals surface area contributed by atoms with E-state index in [2.05, 4.69) is 14.5 Å². The number of rotatable bonds is 6. The summed E-state index contributed by atoms with van der Waals surface area (Å²) >= 11 is 0. The van der Waals surface area contributed by atoms with Crippen LogP contribution in [0.2, 0.25) is 0 Å². The third-order valence-electron chi connectivity index (χ3n) is 4.11. The summed E-state index contributed by atoms with van der Waals surface area (Å²) in [7, 11) is -5.27. The van der Waals surface area contributed by atoms with Gasteiger partial charge in [-0.15, -0.1) is 0 Å². The second-order valence-electron chi connectivity index (χ2n) is 5.91. The molecular weight excluding hydrogens is 389 g/mol. The van der Waals surface area contributed by atoms with E-state index < -0.39 is 38.0 Å². The lowest BCUT2D eigenvalue weighted by molar-refractivity contribution is -0.476. The zero-order valence-electron chi connectivity index (χ0n) is 14.0. The number of aromatic hydroxyl groups is 1. The van der Waals surface area contributed by atoms with Gasteiger partial charge >= 0.3 is 0 Å².